The Hall–Kier alpha value is -1.95. The zero-order chi connectivity index (χ0) is 15.4. The van der Waals surface area contributed by atoms with Crippen molar-refractivity contribution in [3.63, 3.8) is 0 Å². The first-order chi connectivity index (χ1) is 10.7. The largest absolute Gasteiger partial charge is 0.347 e. The molecule has 1 aromatic carbocycles. The number of hydrogen-bond donors (Lipinski definition) is 1. The third-order valence-electron chi connectivity index (χ3n) is 3.80. The summed E-state index contributed by atoms with van der Waals surface area (Å²) in [6.07, 6.45) is 3.12. The Balaban J connectivity index is 1.44. The molecule has 22 heavy (non-hydrogen) atoms. The Morgan fingerprint density at radius 3 is 2.77 bits per heavy atom. The minimum atomic E-state index is -0.0909. The zero-order valence-electron chi connectivity index (χ0n) is 12.4. The molecule has 0 atom stereocenters. The standard InChI is InChI=1S/C16H19N3O2S/c20-14(17-11-16(21)19-9-3-4-10-19)7-8-15-18-12-5-1-2-6-13(12)22-15/h1-2,5-6H,3-4,7-11H2,(H,17,20). The molecule has 2 aromatic rings. The Kier molecular flexibility index (Phi) is 4.68. The van der Waals surface area contributed by atoms with Gasteiger partial charge in [0.15, 0.2) is 0 Å². The lowest BCUT2D eigenvalue weighted by molar-refractivity contribution is -0.132. The van der Waals surface area contributed by atoms with Crippen molar-refractivity contribution in [2.24, 2.45) is 0 Å². The molecule has 0 bridgehead atoms. The number of nitrogens with zero attached hydrogens (tertiary/aromatic N) is 2. The highest BCUT2D eigenvalue weighted by Gasteiger charge is 2.18. The van der Waals surface area contributed by atoms with Crippen molar-refractivity contribution in [1.29, 1.82) is 0 Å². The molecule has 1 aliphatic heterocycles. The number of carbonyl (C=O) groups excluding carboxylic acids is 2. The Morgan fingerprint density at radius 1 is 1.23 bits per heavy atom. The fourth-order valence-corrected chi connectivity index (χ4v) is 3.56. The monoisotopic (exact) mass is 317 g/mol. The van der Waals surface area contributed by atoms with Gasteiger partial charge in [-0.05, 0) is 25.0 Å². The molecule has 116 valence electrons. The molecule has 1 N–H and O–H groups in total. The van der Waals surface area contributed by atoms with Gasteiger partial charge in [0, 0.05) is 25.9 Å². The summed E-state index contributed by atoms with van der Waals surface area (Å²) >= 11 is 1.62. The first-order valence-corrected chi connectivity index (χ1v) is 8.43. The average molecular weight is 317 g/mol. The van der Waals surface area contributed by atoms with E-state index in [0.29, 0.717) is 12.8 Å². The van der Waals surface area contributed by atoms with Crippen LogP contribution in [0.25, 0.3) is 10.2 Å². The molecule has 1 aromatic heterocycles. The number of benzene rings is 1. The Bertz CT molecular complexity index is 644. The summed E-state index contributed by atoms with van der Waals surface area (Å²) in [4.78, 5) is 30.0. The molecule has 0 aliphatic carbocycles. The Labute approximate surface area is 133 Å². The molecule has 2 heterocycles. The van der Waals surface area contributed by atoms with Crippen LogP contribution in [0.15, 0.2) is 24.3 Å². The number of aromatic nitrogens is 1. The van der Waals surface area contributed by atoms with E-state index in [1.165, 1.54) is 0 Å². The number of hydrogen-bond acceptors (Lipinski definition) is 4. The van der Waals surface area contributed by atoms with E-state index < -0.39 is 0 Å². The maximum absolute atomic E-state index is 11.8. The normalized spacial score (nSPS) is 14.5. The first kappa shape index (κ1) is 15.0. The van der Waals surface area contributed by atoms with E-state index in [1.807, 2.05) is 29.2 Å². The van der Waals surface area contributed by atoms with Gasteiger partial charge in [-0.15, -0.1) is 11.3 Å². The van der Waals surface area contributed by atoms with Crippen LogP contribution in [0.4, 0.5) is 0 Å². The number of aryl methyl sites for hydroxylation is 1. The van der Waals surface area contributed by atoms with Gasteiger partial charge in [-0.3, -0.25) is 9.59 Å². The lowest BCUT2D eigenvalue weighted by atomic mass is 10.3. The van der Waals surface area contributed by atoms with Gasteiger partial charge in [-0.25, -0.2) is 4.98 Å². The molecule has 2 amide bonds. The van der Waals surface area contributed by atoms with E-state index in [-0.39, 0.29) is 18.4 Å². The van der Waals surface area contributed by atoms with Gasteiger partial charge in [-0.1, -0.05) is 12.1 Å². The van der Waals surface area contributed by atoms with Crippen LogP contribution < -0.4 is 5.32 Å². The summed E-state index contributed by atoms with van der Waals surface area (Å²) in [6.45, 7) is 1.75. The molecule has 0 saturated carbocycles. The molecule has 1 aliphatic rings. The molecule has 0 radical (unpaired) electrons. The number of amides is 2. The maximum atomic E-state index is 11.8. The summed E-state index contributed by atoms with van der Waals surface area (Å²) < 4.78 is 1.14. The van der Waals surface area contributed by atoms with Gasteiger partial charge < -0.3 is 10.2 Å². The second-order valence-electron chi connectivity index (χ2n) is 5.44. The molecule has 6 heteroatoms. The van der Waals surface area contributed by atoms with Crippen LogP contribution in [-0.4, -0.2) is 41.3 Å². The van der Waals surface area contributed by atoms with Crippen LogP contribution in [0.5, 0.6) is 0 Å². The predicted molar refractivity (Wildman–Crippen MR) is 86.8 cm³/mol. The van der Waals surface area contributed by atoms with Crippen LogP contribution in [0.3, 0.4) is 0 Å². The van der Waals surface area contributed by atoms with Crippen molar-refractivity contribution in [3.05, 3.63) is 29.3 Å². The van der Waals surface area contributed by atoms with Crippen molar-refractivity contribution in [2.75, 3.05) is 19.6 Å². The van der Waals surface area contributed by atoms with Crippen molar-refractivity contribution in [2.45, 2.75) is 25.7 Å². The second kappa shape index (κ2) is 6.87. The van der Waals surface area contributed by atoms with Gasteiger partial charge in [0.25, 0.3) is 0 Å². The minimum Gasteiger partial charge on any atom is -0.347 e. The topological polar surface area (TPSA) is 62.3 Å². The van der Waals surface area contributed by atoms with E-state index >= 15 is 0 Å². The van der Waals surface area contributed by atoms with Crippen molar-refractivity contribution in [3.8, 4) is 0 Å². The summed E-state index contributed by atoms with van der Waals surface area (Å²) in [5, 5.41) is 3.67. The van der Waals surface area contributed by atoms with Crippen LogP contribution in [0.2, 0.25) is 0 Å². The van der Waals surface area contributed by atoms with Crippen molar-refractivity contribution in [1.82, 2.24) is 15.2 Å². The first-order valence-electron chi connectivity index (χ1n) is 7.61. The summed E-state index contributed by atoms with van der Waals surface area (Å²) in [5.41, 5.74) is 0.979. The third-order valence-corrected chi connectivity index (χ3v) is 4.90. The highest BCUT2D eigenvalue weighted by Crippen LogP contribution is 2.22. The molecule has 1 fully saturated rings. The molecule has 0 spiro atoms. The molecular weight excluding hydrogens is 298 g/mol. The lowest BCUT2D eigenvalue weighted by Gasteiger charge is -2.15. The molecule has 3 rings (SSSR count). The lowest BCUT2D eigenvalue weighted by Crippen LogP contribution is -2.38. The fraction of sp³-hybridized carbons (Fsp3) is 0.438. The number of carbonyl (C=O) groups is 2. The van der Waals surface area contributed by atoms with Gasteiger partial charge in [0.05, 0.1) is 21.8 Å². The van der Waals surface area contributed by atoms with Gasteiger partial charge in [-0.2, -0.15) is 0 Å². The number of fused-ring (bicyclic) bond motifs is 1. The van der Waals surface area contributed by atoms with E-state index in [4.69, 9.17) is 0 Å². The molecular formula is C16H19N3O2S. The van der Waals surface area contributed by atoms with Crippen LogP contribution in [0, 0.1) is 0 Å². The zero-order valence-corrected chi connectivity index (χ0v) is 13.2. The SMILES string of the molecule is O=C(CCc1nc2ccccc2s1)NCC(=O)N1CCCC1. The predicted octanol–water partition coefficient (Wildman–Crippen LogP) is 1.97. The number of para-hydroxylation sites is 1. The van der Waals surface area contributed by atoms with Crippen LogP contribution in [-0.2, 0) is 16.0 Å². The van der Waals surface area contributed by atoms with Gasteiger partial charge in [0.2, 0.25) is 11.8 Å². The van der Waals surface area contributed by atoms with E-state index in [1.54, 1.807) is 11.3 Å². The van der Waals surface area contributed by atoms with Gasteiger partial charge in [0.1, 0.15) is 0 Å². The number of nitrogens with one attached hydrogen (secondary N) is 1. The number of likely N-dealkylation sites (tertiary alicyclic amines) is 1. The van der Waals surface area contributed by atoms with Crippen molar-refractivity contribution >= 4 is 33.4 Å². The average Bonchev–Trinajstić information content (AvgIpc) is 3.19. The number of rotatable bonds is 5. The highest BCUT2D eigenvalue weighted by molar-refractivity contribution is 7.18. The summed E-state index contributed by atoms with van der Waals surface area (Å²) in [6, 6.07) is 7.96. The molecule has 0 unspecified atom stereocenters. The quantitative estimate of drug-likeness (QED) is 0.917. The molecule has 1 saturated heterocycles. The third kappa shape index (κ3) is 3.62. The minimum absolute atomic E-state index is 0.0193. The maximum Gasteiger partial charge on any atom is 0.241 e. The smallest absolute Gasteiger partial charge is 0.241 e. The van der Waals surface area contributed by atoms with Crippen molar-refractivity contribution < 1.29 is 9.59 Å². The van der Waals surface area contributed by atoms with Crippen LogP contribution >= 0.6 is 11.3 Å². The highest BCUT2D eigenvalue weighted by atomic mass is 32.1. The Morgan fingerprint density at radius 2 is 2.00 bits per heavy atom. The summed E-state index contributed by atoms with van der Waals surface area (Å²) in [7, 11) is 0. The van der Waals surface area contributed by atoms with E-state index in [0.717, 1.165) is 41.2 Å². The summed E-state index contributed by atoms with van der Waals surface area (Å²) in [5.74, 6) is -0.0716. The van der Waals surface area contributed by atoms with E-state index in [9.17, 15) is 9.59 Å². The molecule has 5 nitrogen and oxygen atoms in total. The number of thiazole rings is 1. The second-order valence-corrected chi connectivity index (χ2v) is 6.56. The van der Waals surface area contributed by atoms with Crippen LogP contribution in [0.1, 0.15) is 24.3 Å². The van der Waals surface area contributed by atoms with E-state index in [2.05, 4.69) is 10.3 Å². The van der Waals surface area contributed by atoms with Gasteiger partial charge >= 0.3 is 0 Å². The fourth-order valence-electron chi connectivity index (χ4n) is 2.59.